The van der Waals surface area contributed by atoms with Gasteiger partial charge >= 0.3 is 0 Å². The molecule has 2 heterocycles. The Morgan fingerprint density at radius 1 is 1.29 bits per heavy atom. The van der Waals surface area contributed by atoms with Gasteiger partial charge in [0, 0.05) is 12.6 Å². The quantitative estimate of drug-likeness (QED) is 0.454. The summed E-state index contributed by atoms with van der Waals surface area (Å²) in [7, 11) is 1.51. The molecule has 160 valence electrons. The Balaban J connectivity index is 1.69. The lowest BCUT2D eigenvalue weighted by Gasteiger charge is -2.18. The molecule has 0 atom stereocenters. The number of rotatable bonds is 10. The molecule has 0 spiro atoms. The summed E-state index contributed by atoms with van der Waals surface area (Å²) in [5, 5.41) is 16.6. The molecule has 0 saturated heterocycles. The van der Waals surface area contributed by atoms with Crippen LogP contribution in [0.4, 0.5) is 0 Å². The van der Waals surface area contributed by atoms with E-state index in [1.165, 1.54) is 19.4 Å². The first-order chi connectivity index (χ1) is 15.1. The standard InChI is InChI=1S/C22H22N4O5/c1-3-11-26(15-20-24-25-22(31-20)18-5-4-12-29-18)21(27)9-7-16-6-8-17(30-13-10-23)19(14-16)28-2/h4-9,12,14H,3,11,13,15H2,1-2H3/b9-7+. The first kappa shape index (κ1) is 21.6. The van der Waals surface area contributed by atoms with Gasteiger partial charge in [0.1, 0.15) is 6.07 Å². The Bertz CT molecular complexity index is 1070. The third kappa shape index (κ3) is 5.73. The Kier molecular flexibility index (Phi) is 7.43. The number of furan rings is 1. The maximum absolute atomic E-state index is 12.7. The fraction of sp³-hybridized carbons (Fsp3) is 0.273. The van der Waals surface area contributed by atoms with Crippen molar-refractivity contribution in [1.82, 2.24) is 15.1 Å². The number of hydrogen-bond acceptors (Lipinski definition) is 8. The summed E-state index contributed by atoms with van der Waals surface area (Å²) in [5.74, 6) is 1.81. The zero-order valence-electron chi connectivity index (χ0n) is 17.3. The van der Waals surface area contributed by atoms with Crippen molar-refractivity contribution in [2.75, 3.05) is 20.3 Å². The first-order valence-corrected chi connectivity index (χ1v) is 9.65. The van der Waals surface area contributed by atoms with E-state index in [0.29, 0.717) is 29.7 Å². The lowest BCUT2D eigenvalue weighted by molar-refractivity contribution is -0.126. The molecule has 1 amide bonds. The lowest BCUT2D eigenvalue weighted by atomic mass is 10.2. The molecule has 3 aromatic rings. The smallest absolute Gasteiger partial charge is 0.283 e. The van der Waals surface area contributed by atoms with Gasteiger partial charge in [-0.25, -0.2) is 0 Å². The molecule has 0 aliphatic rings. The number of hydrogen-bond donors (Lipinski definition) is 0. The van der Waals surface area contributed by atoms with Gasteiger partial charge in [0.25, 0.3) is 5.89 Å². The van der Waals surface area contributed by atoms with Crippen molar-refractivity contribution in [3.8, 4) is 29.2 Å². The summed E-state index contributed by atoms with van der Waals surface area (Å²) in [6, 6.07) is 10.6. The number of methoxy groups -OCH3 is 1. The monoisotopic (exact) mass is 422 g/mol. The summed E-state index contributed by atoms with van der Waals surface area (Å²) < 4.78 is 21.4. The predicted molar refractivity (Wildman–Crippen MR) is 111 cm³/mol. The minimum Gasteiger partial charge on any atom is -0.493 e. The first-order valence-electron chi connectivity index (χ1n) is 9.65. The summed E-state index contributed by atoms with van der Waals surface area (Å²) >= 11 is 0. The number of amides is 1. The molecular weight excluding hydrogens is 400 g/mol. The molecule has 1 aromatic carbocycles. The molecule has 0 aliphatic heterocycles. The lowest BCUT2D eigenvalue weighted by Crippen LogP contribution is -2.29. The normalized spacial score (nSPS) is 10.7. The summed E-state index contributed by atoms with van der Waals surface area (Å²) in [5.41, 5.74) is 0.754. The molecule has 0 unspecified atom stereocenters. The van der Waals surface area contributed by atoms with E-state index in [0.717, 1.165) is 12.0 Å². The van der Waals surface area contributed by atoms with Crippen LogP contribution >= 0.6 is 0 Å². The second-order valence-electron chi connectivity index (χ2n) is 6.43. The van der Waals surface area contributed by atoms with Crippen LogP contribution in [0.25, 0.3) is 17.7 Å². The van der Waals surface area contributed by atoms with E-state index in [1.54, 1.807) is 41.3 Å². The van der Waals surface area contributed by atoms with Gasteiger partial charge in [0.05, 0.1) is 19.9 Å². The average molecular weight is 422 g/mol. The van der Waals surface area contributed by atoms with Crippen molar-refractivity contribution in [2.45, 2.75) is 19.9 Å². The molecule has 9 heteroatoms. The number of carbonyl (C=O) groups excluding carboxylic acids is 1. The highest BCUT2D eigenvalue weighted by Gasteiger charge is 2.17. The van der Waals surface area contributed by atoms with Gasteiger partial charge in [-0.3, -0.25) is 4.79 Å². The van der Waals surface area contributed by atoms with E-state index in [1.807, 2.05) is 13.0 Å². The molecule has 0 fully saturated rings. The van der Waals surface area contributed by atoms with Crippen molar-refractivity contribution in [3.05, 3.63) is 54.1 Å². The van der Waals surface area contributed by atoms with E-state index in [4.69, 9.17) is 23.6 Å². The zero-order valence-corrected chi connectivity index (χ0v) is 17.3. The second-order valence-corrected chi connectivity index (χ2v) is 6.43. The minimum atomic E-state index is -0.191. The second kappa shape index (κ2) is 10.6. The van der Waals surface area contributed by atoms with Crippen LogP contribution in [-0.2, 0) is 11.3 Å². The maximum Gasteiger partial charge on any atom is 0.283 e. The number of carbonyl (C=O) groups is 1. The topological polar surface area (TPSA) is 115 Å². The molecule has 0 aliphatic carbocycles. The third-order valence-corrected chi connectivity index (χ3v) is 4.23. The van der Waals surface area contributed by atoms with E-state index in [2.05, 4.69) is 10.2 Å². The number of benzene rings is 1. The van der Waals surface area contributed by atoms with Crippen LogP contribution in [0, 0.1) is 11.3 Å². The molecule has 31 heavy (non-hydrogen) atoms. The number of aromatic nitrogens is 2. The molecule has 3 rings (SSSR count). The van der Waals surface area contributed by atoms with Crippen molar-refractivity contribution in [1.29, 1.82) is 5.26 Å². The largest absolute Gasteiger partial charge is 0.493 e. The highest BCUT2D eigenvalue weighted by atomic mass is 16.5. The molecule has 0 saturated carbocycles. The van der Waals surface area contributed by atoms with Gasteiger partial charge in [-0.1, -0.05) is 13.0 Å². The van der Waals surface area contributed by atoms with Crippen LogP contribution in [0.1, 0.15) is 24.8 Å². The van der Waals surface area contributed by atoms with Crippen LogP contribution in [0.3, 0.4) is 0 Å². The van der Waals surface area contributed by atoms with Crippen molar-refractivity contribution >= 4 is 12.0 Å². The van der Waals surface area contributed by atoms with Crippen LogP contribution in [0.5, 0.6) is 11.5 Å². The Hall–Kier alpha value is -4.06. The van der Waals surface area contributed by atoms with E-state index >= 15 is 0 Å². The predicted octanol–water partition coefficient (Wildman–Crippen LogP) is 3.69. The third-order valence-electron chi connectivity index (χ3n) is 4.23. The van der Waals surface area contributed by atoms with Gasteiger partial charge in [0.15, 0.2) is 23.9 Å². The number of nitriles is 1. The van der Waals surface area contributed by atoms with Gasteiger partial charge in [-0.2, -0.15) is 5.26 Å². The highest BCUT2D eigenvalue weighted by molar-refractivity contribution is 5.91. The SMILES string of the molecule is CCCN(Cc1nnc(-c2ccco2)o1)C(=O)/C=C/c1ccc(OCC#N)c(OC)c1. The number of nitrogens with zero attached hydrogens (tertiary/aromatic N) is 4. The fourth-order valence-corrected chi connectivity index (χ4v) is 2.81. The number of ether oxygens (including phenoxy) is 2. The van der Waals surface area contributed by atoms with E-state index < -0.39 is 0 Å². The fourth-order valence-electron chi connectivity index (χ4n) is 2.81. The highest BCUT2D eigenvalue weighted by Crippen LogP contribution is 2.28. The maximum atomic E-state index is 12.7. The zero-order chi connectivity index (χ0) is 22.1. The minimum absolute atomic E-state index is 0.0761. The van der Waals surface area contributed by atoms with Gasteiger partial charge in [-0.15, -0.1) is 10.2 Å². The molecule has 0 radical (unpaired) electrons. The van der Waals surface area contributed by atoms with Gasteiger partial charge in [-0.05, 0) is 42.3 Å². The van der Waals surface area contributed by atoms with Crippen LogP contribution in [0.2, 0.25) is 0 Å². The van der Waals surface area contributed by atoms with Gasteiger partial charge < -0.3 is 23.2 Å². The van der Waals surface area contributed by atoms with Crippen molar-refractivity contribution < 1.29 is 23.1 Å². The summed E-state index contributed by atoms with van der Waals surface area (Å²) in [6.07, 6.45) is 5.46. The molecule has 9 nitrogen and oxygen atoms in total. The van der Waals surface area contributed by atoms with Crippen molar-refractivity contribution in [3.63, 3.8) is 0 Å². The Labute approximate surface area is 179 Å². The van der Waals surface area contributed by atoms with E-state index in [9.17, 15) is 4.79 Å². The van der Waals surface area contributed by atoms with Crippen molar-refractivity contribution in [2.24, 2.45) is 0 Å². The molecule has 2 aromatic heterocycles. The molecule has 0 bridgehead atoms. The van der Waals surface area contributed by atoms with E-state index in [-0.39, 0.29) is 24.9 Å². The van der Waals surface area contributed by atoms with Crippen LogP contribution in [0.15, 0.2) is 51.5 Å². The molecule has 0 N–H and O–H groups in total. The summed E-state index contributed by atoms with van der Waals surface area (Å²) in [6.45, 7) is 2.63. The average Bonchev–Trinajstić information content (AvgIpc) is 3.48. The van der Waals surface area contributed by atoms with Gasteiger partial charge in [0.2, 0.25) is 11.8 Å². The van der Waals surface area contributed by atoms with Crippen LogP contribution in [-0.4, -0.2) is 41.3 Å². The summed E-state index contributed by atoms with van der Waals surface area (Å²) in [4.78, 5) is 14.4. The Morgan fingerprint density at radius 2 is 2.16 bits per heavy atom. The van der Waals surface area contributed by atoms with Crippen LogP contribution < -0.4 is 9.47 Å². The molecular formula is C22H22N4O5. The Morgan fingerprint density at radius 3 is 2.87 bits per heavy atom.